The summed E-state index contributed by atoms with van der Waals surface area (Å²) < 4.78 is 27.8. The van der Waals surface area contributed by atoms with Crippen LogP contribution < -0.4 is 15.8 Å². The Bertz CT molecular complexity index is 885. The van der Waals surface area contributed by atoms with Gasteiger partial charge in [-0.3, -0.25) is 4.79 Å². The van der Waals surface area contributed by atoms with Gasteiger partial charge in [0.2, 0.25) is 5.91 Å². The zero-order valence-electron chi connectivity index (χ0n) is 16.2. The topological polar surface area (TPSA) is 98.5 Å². The Morgan fingerprint density at radius 2 is 1.75 bits per heavy atom. The highest BCUT2D eigenvalue weighted by atomic mass is 35.5. The Hall–Kier alpha value is -2.09. The van der Waals surface area contributed by atoms with Crippen molar-refractivity contribution < 1.29 is 17.9 Å². The Labute approximate surface area is 172 Å². The van der Waals surface area contributed by atoms with Crippen LogP contribution in [0.2, 0.25) is 0 Å². The lowest BCUT2D eigenvalue weighted by Crippen LogP contribution is -2.42. The summed E-state index contributed by atoms with van der Waals surface area (Å²) in [5, 5.41) is 2.83. The Balaban J connectivity index is 0.00000392. The summed E-state index contributed by atoms with van der Waals surface area (Å²) in [6.07, 6.45) is 1.23. The van der Waals surface area contributed by atoms with Crippen LogP contribution in [0, 0.1) is 0 Å². The predicted octanol–water partition coefficient (Wildman–Crippen LogP) is 2.72. The lowest BCUT2D eigenvalue weighted by Gasteiger charge is -2.18. The molecule has 28 heavy (non-hydrogen) atoms. The summed E-state index contributed by atoms with van der Waals surface area (Å²) in [5.74, 6) is 0.326. The molecule has 0 radical (unpaired) electrons. The standard InChI is InChI=1S/C20H26N2O4S.ClH/c1-14(22-20(23)18(21)12-13-27(3,24)25)15-8-10-16(11-9-15)17-6-4-5-7-19(17)26-2;/h4-11,14,18H,12-13,21H2,1-3H3,(H,22,23);1H. The third kappa shape index (κ3) is 6.82. The number of benzene rings is 2. The number of hydrogen-bond donors (Lipinski definition) is 2. The van der Waals surface area contributed by atoms with Gasteiger partial charge in [0.05, 0.1) is 24.9 Å². The van der Waals surface area contributed by atoms with Crippen LogP contribution in [0.1, 0.15) is 24.9 Å². The normalized spacial score (nSPS) is 13.1. The average molecular weight is 427 g/mol. The van der Waals surface area contributed by atoms with Crippen LogP contribution in [0.4, 0.5) is 0 Å². The molecule has 0 bridgehead atoms. The van der Waals surface area contributed by atoms with Crippen molar-refractivity contribution in [2.45, 2.75) is 25.4 Å². The van der Waals surface area contributed by atoms with Crippen molar-refractivity contribution >= 4 is 28.2 Å². The molecular formula is C20H27ClN2O4S. The van der Waals surface area contributed by atoms with Crippen molar-refractivity contribution in [3.63, 3.8) is 0 Å². The molecule has 0 aliphatic carbocycles. The predicted molar refractivity (Wildman–Crippen MR) is 115 cm³/mol. The maximum atomic E-state index is 12.2. The maximum absolute atomic E-state index is 12.2. The van der Waals surface area contributed by atoms with Gasteiger partial charge in [0.25, 0.3) is 0 Å². The average Bonchev–Trinajstić information content (AvgIpc) is 2.65. The summed E-state index contributed by atoms with van der Waals surface area (Å²) in [5.41, 5.74) is 8.73. The molecule has 0 aromatic heterocycles. The summed E-state index contributed by atoms with van der Waals surface area (Å²) in [6, 6.07) is 14.5. The molecule has 8 heteroatoms. The molecule has 0 fully saturated rings. The zero-order valence-corrected chi connectivity index (χ0v) is 17.8. The van der Waals surface area contributed by atoms with Gasteiger partial charge in [-0.05, 0) is 30.5 Å². The first kappa shape index (κ1) is 23.9. The molecule has 0 saturated carbocycles. The van der Waals surface area contributed by atoms with Crippen LogP contribution >= 0.6 is 12.4 Å². The first-order valence-corrected chi connectivity index (χ1v) is 10.7. The maximum Gasteiger partial charge on any atom is 0.237 e. The Morgan fingerprint density at radius 1 is 1.14 bits per heavy atom. The fourth-order valence-corrected chi connectivity index (χ4v) is 3.39. The van der Waals surface area contributed by atoms with E-state index in [1.165, 1.54) is 0 Å². The molecule has 2 aromatic carbocycles. The molecule has 6 nitrogen and oxygen atoms in total. The van der Waals surface area contributed by atoms with Gasteiger partial charge in [0, 0.05) is 11.8 Å². The minimum absolute atomic E-state index is 0. The monoisotopic (exact) mass is 426 g/mol. The van der Waals surface area contributed by atoms with E-state index in [2.05, 4.69) is 5.32 Å². The number of carbonyl (C=O) groups excluding carboxylic acids is 1. The van der Waals surface area contributed by atoms with E-state index in [4.69, 9.17) is 10.5 Å². The van der Waals surface area contributed by atoms with Crippen molar-refractivity contribution in [1.29, 1.82) is 0 Å². The van der Waals surface area contributed by atoms with E-state index in [1.54, 1.807) is 7.11 Å². The highest BCUT2D eigenvalue weighted by Crippen LogP contribution is 2.30. The van der Waals surface area contributed by atoms with Gasteiger partial charge in [-0.2, -0.15) is 0 Å². The smallest absolute Gasteiger partial charge is 0.237 e. The van der Waals surface area contributed by atoms with E-state index in [0.29, 0.717) is 0 Å². The van der Waals surface area contributed by atoms with Crippen molar-refractivity contribution in [3.8, 4) is 16.9 Å². The van der Waals surface area contributed by atoms with Gasteiger partial charge in [-0.1, -0.05) is 42.5 Å². The molecule has 0 aliphatic rings. The number of rotatable bonds is 8. The minimum atomic E-state index is -3.14. The molecule has 2 rings (SSSR count). The Morgan fingerprint density at radius 3 is 2.32 bits per heavy atom. The number of amides is 1. The molecule has 0 heterocycles. The molecule has 0 spiro atoms. The molecule has 0 saturated heterocycles. The molecular weight excluding hydrogens is 400 g/mol. The van der Waals surface area contributed by atoms with E-state index in [-0.39, 0.29) is 36.5 Å². The second kappa shape index (κ2) is 10.5. The number of ether oxygens (including phenoxy) is 1. The number of nitrogens with two attached hydrogens (primary N) is 1. The molecule has 2 unspecified atom stereocenters. The number of methoxy groups -OCH3 is 1. The van der Waals surface area contributed by atoms with Crippen molar-refractivity contribution in [3.05, 3.63) is 54.1 Å². The molecule has 3 N–H and O–H groups in total. The molecule has 2 aromatic rings. The highest BCUT2D eigenvalue weighted by Gasteiger charge is 2.18. The lowest BCUT2D eigenvalue weighted by atomic mass is 10.0. The fourth-order valence-electron chi connectivity index (χ4n) is 2.71. The van der Waals surface area contributed by atoms with Crippen molar-refractivity contribution in [1.82, 2.24) is 5.32 Å². The van der Waals surface area contributed by atoms with Crippen LogP contribution in [0.5, 0.6) is 5.75 Å². The van der Waals surface area contributed by atoms with Gasteiger partial charge in [0.15, 0.2) is 0 Å². The number of halogens is 1. The largest absolute Gasteiger partial charge is 0.496 e. The minimum Gasteiger partial charge on any atom is -0.496 e. The summed E-state index contributed by atoms with van der Waals surface area (Å²) >= 11 is 0. The fraction of sp³-hybridized carbons (Fsp3) is 0.350. The van der Waals surface area contributed by atoms with Crippen LogP contribution in [-0.4, -0.2) is 39.5 Å². The summed E-state index contributed by atoms with van der Waals surface area (Å²) in [7, 11) is -1.50. The number of sulfone groups is 1. The zero-order chi connectivity index (χ0) is 20.0. The lowest BCUT2D eigenvalue weighted by molar-refractivity contribution is -0.123. The first-order valence-electron chi connectivity index (χ1n) is 8.68. The van der Waals surface area contributed by atoms with Crippen LogP contribution in [-0.2, 0) is 14.6 Å². The molecule has 1 amide bonds. The van der Waals surface area contributed by atoms with Gasteiger partial charge in [-0.25, -0.2) is 8.42 Å². The number of hydrogen-bond acceptors (Lipinski definition) is 5. The number of nitrogens with one attached hydrogen (secondary N) is 1. The van der Waals surface area contributed by atoms with Gasteiger partial charge >= 0.3 is 0 Å². The molecule has 154 valence electrons. The number of carbonyl (C=O) groups is 1. The summed E-state index contributed by atoms with van der Waals surface area (Å²) in [6.45, 7) is 1.86. The third-order valence-electron chi connectivity index (χ3n) is 4.32. The molecule has 0 aliphatic heterocycles. The van der Waals surface area contributed by atoms with E-state index in [9.17, 15) is 13.2 Å². The van der Waals surface area contributed by atoms with E-state index in [1.807, 2.05) is 55.5 Å². The van der Waals surface area contributed by atoms with Gasteiger partial charge in [-0.15, -0.1) is 12.4 Å². The number of para-hydroxylation sites is 1. The third-order valence-corrected chi connectivity index (χ3v) is 5.30. The van der Waals surface area contributed by atoms with E-state index in [0.717, 1.165) is 28.7 Å². The second-order valence-corrected chi connectivity index (χ2v) is 8.84. The van der Waals surface area contributed by atoms with E-state index < -0.39 is 15.9 Å². The SMILES string of the molecule is COc1ccccc1-c1ccc(C(C)NC(=O)C(N)CCS(C)(=O)=O)cc1.Cl. The first-order chi connectivity index (χ1) is 12.7. The van der Waals surface area contributed by atoms with Crippen LogP contribution in [0.3, 0.4) is 0 Å². The van der Waals surface area contributed by atoms with Crippen molar-refractivity contribution in [2.24, 2.45) is 5.73 Å². The van der Waals surface area contributed by atoms with Crippen LogP contribution in [0.15, 0.2) is 48.5 Å². The quantitative estimate of drug-likeness (QED) is 0.676. The van der Waals surface area contributed by atoms with E-state index >= 15 is 0 Å². The van der Waals surface area contributed by atoms with Gasteiger partial charge in [0.1, 0.15) is 15.6 Å². The van der Waals surface area contributed by atoms with Crippen molar-refractivity contribution in [2.75, 3.05) is 19.1 Å². The highest BCUT2D eigenvalue weighted by molar-refractivity contribution is 7.90. The second-order valence-electron chi connectivity index (χ2n) is 6.58. The summed E-state index contributed by atoms with van der Waals surface area (Å²) in [4.78, 5) is 12.2. The van der Waals surface area contributed by atoms with Gasteiger partial charge < -0.3 is 15.8 Å². The Kier molecular flexibility index (Phi) is 8.94. The molecule has 2 atom stereocenters. The van der Waals surface area contributed by atoms with Crippen LogP contribution in [0.25, 0.3) is 11.1 Å².